The van der Waals surface area contributed by atoms with Crippen LogP contribution in [0.25, 0.3) is 0 Å². The van der Waals surface area contributed by atoms with Crippen LogP contribution in [-0.4, -0.2) is 36.5 Å². The lowest BCUT2D eigenvalue weighted by Crippen LogP contribution is -2.48. The van der Waals surface area contributed by atoms with E-state index in [1.165, 1.54) is 12.8 Å². The standard InChI is InChI=1S/C14H24N2O/c1-11-8-9-13(15-2)14(17)16(10-11)12-6-4-3-5-7-12/h4,6,11-13,15H,3,5,7-10H2,1-2H3. The van der Waals surface area contributed by atoms with Gasteiger partial charge in [0.2, 0.25) is 5.91 Å². The maximum Gasteiger partial charge on any atom is 0.240 e. The van der Waals surface area contributed by atoms with Gasteiger partial charge in [0.15, 0.2) is 0 Å². The van der Waals surface area contributed by atoms with Crippen molar-refractivity contribution in [1.82, 2.24) is 10.2 Å². The van der Waals surface area contributed by atoms with Crippen LogP contribution in [0.5, 0.6) is 0 Å². The molecule has 0 aromatic heterocycles. The van der Waals surface area contributed by atoms with Crippen molar-refractivity contribution in [3.8, 4) is 0 Å². The third-order valence-corrected chi connectivity index (χ3v) is 4.02. The molecule has 3 nitrogen and oxygen atoms in total. The van der Waals surface area contributed by atoms with Crippen molar-refractivity contribution in [2.45, 2.75) is 51.1 Å². The van der Waals surface area contributed by atoms with Gasteiger partial charge in [-0.15, -0.1) is 0 Å². The Bertz CT molecular complexity index is 301. The maximum atomic E-state index is 12.5. The van der Waals surface area contributed by atoms with Crippen LogP contribution in [0.1, 0.15) is 39.0 Å². The van der Waals surface area contributed by atoms with Crippen LogP contribution in [-0.2, 0) is 4.79 Å². The fourth-order valence-electron chi connectivity index (χ4n) is 2.91. The second-order valence-electron chi connectivity index (χ2n) is 5.44. The van der Waals surface area contributed by atoms with Gasteiger partial charge in [-0.3, -0.25) is 4.79 Å². The first-order valence-corrected chi connectivity index (χ1v) is 6.86. The summed E-state index contributed by atoms with van der Waals surface area (Å²) in [5.41, 5.74) is 0. The smallest absolute Gasteiger partial charge is 0.240 e. The predicted molar refractivity (Wildman–Crippen MR) is 69.7 cm³/mol. The molecule has 1 amide bonds. The van der Waals surface area contributed by atoms with Crippen LogP contribution in [0.3, 0.4) is 0 Å². The van der Waals surface area contributed by atoms with E-state index in [1.807, 2.05) is 7.05 Å². The summed E-state index contributed by atoms with van der Waals surface area (Å²) < 4.78 is 0. The van der Waals surface area contributed by atoms with Gasteiger partial charge in [0.25, 0.3) is 0 Å². The van der Waals surface area contributed by atoms with Gasteiger partial charge in [-0.05, 0) is 45.1 Å². The minimum Gasteiger partial charge on any atom is -0.335 e. The van der Waals surface area contributed by atoms with Gasteiger partial charge in [-0.1, -0.05) is 19.1 Å². The van der Waals surface area contributed by atoms with Crippen LogP contribution < -0.4 is 5.32 Å². The van der Waals surface area contributed by atoms with Crippen molar-refractivity contribution < 1.29 is 4.79 Å². The minimum absolute atomic E-state index is 0.0234. The molecule has 1 N–H and O–H groups in total. The van der Waals surface area contributed by atoms with E-state index >= 15 is 0 Å². The molecule has 0 aromatic rings. The molecule has 3 unspecified atom stereocenters. The summed E-state index contributed by atoms with van der Waals surface area (Å²) >= 11 is 0. The fraction of sp³-hybridized carbons (Fsp3) is 0.786. The number of nitrogens with one attached hydrogen (secondary N) is 1. The van der Waals surface area contributed by atoms with Crippen LogP contribution in [0.15, 0.2) is 12.2 Å². The highest BCUT2D eigenvalue weighted by Gasteiger charge is 2.32. The Kier molecular flexibility index (Phi) is 4.21. The average Bonchev–Trinajstić information content (AvgIpc) is 2.50. The summed E-state index contributed by atoms with van der Waals surface area (Å²) in [6, 6.07) is 0.364. The van der Waals surface area contributed by atoms with Gasteiger partial charge >= 0.3 is 0 Å². The van der Waals surface area contributed by atoms with Crippen molar-refractivity contribution in [3.63, 3.8) is 0 Å². The highest BCUT2D eigenvalue weighted by molar-refractivity contribution is 5.82. The fourth-order valence-corrected chi connectivity index (χ4v) is 2.91. The number of carbonyl (C=O) groups is 1. The highest BCUT2D eigenvalue weighted by atomic mass is 16.2. The molecule has 2 rings (SSSR count). The highest BCUT2D eigenvalue weighted by Crippen LogP contribution is 2.23. The van der Waals surface area contributed by atoms with Crippen LogP contribution in [0, 0.1) is 5.92 Å². The Morgan fingerprint density at radius 2 is 2.18 bits per heavy atom. The van der Waals surface area contributed by atoms with Crippen molar-refractivity contribution in [1.29, 1.82) is 0 Å². The quantitative estimate of drug-likeness (QED) is 0.743. The maximum absolute atomic E-state index is 12.5. The average molecular weight is 236 g/mol. The molecule has 2 aliphatic rings. The molecule has 3 atom stereocenters. The van der Waals surface area contributed by atoms with Crippen molar-refractivity contribution in [3.05, 3.63) is 12.2 Å². The second-order valence-corrected chi connectivity index (χ2v) is 5.44. The molecule has 0 radical (unpaired) electrons. The lowest BCUT2D eigenvalue weighted by Gasteiger charge is -2.33. The zero-order valence-electron chi connectivity index (χ0n) is 11.0. The molecular weight excluding hydrogens is 212 g/mol. The Morgan fingerprint density at radius 1 is 1.35 bits per heavy atom. The number of hydrogen-bond donors (Lipinski definition) is 1. The molecule has 0 saturated carbocycles. The zero-order valence-corrected chi connectivity index (χ0v) is 11.0. The molecule has 1 saturated heterocycles. The first-order valence-electron chi connectivity index (χ1n) is 6.86. The van der Waals surface area contributed by atoms with Crippen molar-refractivity contribution >= 4 is 5.91 Å². The molecule has 17 heavy (non-hydrogen) atoms. The van der Waals surface area contributed by atoms with Gasteiger partial charge in [0.05, 0.1) is 12.1 Å². The summed E-state index contributed by atoms with van der Waals surface area (Å²) in [5.74, 6) is 0.918. The molecule has 1 aliphatic heterocycles. The van der Waals surface area contributed by atoms with Gasteiger partial charge in [-0.2, -0.15) is 0 Å². The number of hydrogen-bond acceptors (Lipinski definition) is 2. The lowest BCUT2D eigenvalue weighted by molar-refractivity contribution is -0.134. The molecule has 1 heterocycles. The molecule has 1 fully saturated rings. The number of amides is 1. The first kappa shape index (κ1) is 12.6. The molecular formula is C14H24N2O. The largest absolute Gasteiger partial charge is 0.335 e. The van der Waals surface area contributed by atoms with Crippen molar-refractivity contribution in [2.75, 3.05) is 13.6 Å². The lowest BCUT2D eigenvalue weighted by atomic mass is 10.00. The Morgan fingerprint density at radius 3 is 2.82 bits per heavy atom. The van der Waals surface area contributed by atoms with Gasteiger partial charge in [-0.25, -0.2) is 0 Å². The van der Waals surface area contributed by atoms with E-state index in [4.69, 9.17) is 0 Å². The Labute approximate surface area is 104 Å². The number of likely N-dealkylation sites (N-methyl/N-ethyl adjacent to an activating group) is 1. The van der Waals surface area contributed by atoms with Gasteiger partial charge in [0.1, 0.15) is 0 Å². The Balaban J connectivity index is 2.13. The molecule has 96 valence electrons. The Hall–Kier alpha value is -0.830. The van der Waals surface area contributed by atoms with E-state index in [1.54, 1.807) is 0 Å². The SMILES string of the molecule is CNC1CCC(C)CN(C2C=CCCC2)C1=O. The topological polar surface area (TPSA) is 32.3 Å². The summed E-state index contributed by atoms with van der Waals surface area (Å²) in [4.78, 5) is 14.6. The van der Waals surface area contributed by atoms with E-state index < -0.39 is 0 Å². The third kappa shape index (κ3) is 2.89. The normalized spacial score (nSPS) is 34.8. The van der Waals surface area contributed by atoms with E-state index in [0.717, 1.165) is 25.8 Å². The van der Waals surface area contributed by atoms with Gasteiger partial charge < -0.3 is 10.2 Å². The zero-order chi connectivity index (χ0) is 12.3. The summed E-state index contributed by atoms with van der Waals surface area (Å²) in [6.07, 6.45) is 10.1. The molecule has 1 aliphatic carbocycles. The van der Waals surface area contributed by atoms with E-state index in [9.17, 15) is 4.79 Å². The number of carbonyl (C=O) groups excluding carboxylic acids is 1. The number of allylic oxidation sites excluding steroid dienone is 1. The number of likely N-dealkylation sites (tertiary alicyclic amines) is 1. The van der Waals surface area contributed by atoms with E-state index in [2.05, 4.69) is 29.3 Å². The van der Waals surface area contributed by atoms with Crippen LogP contribution in [0.2, 0.25) is 0 Å². The summed E-state index contributed by atoms with van der Waals surface area (Å²) in [7, 11) is 1.90. The molecule has 3 heteroatoms. The monoisotopic (exact) mass is 236 g/mol. The molecule has 0 aromatic carbocycles. The molecule has 0 bridgehead atoms. The summed E-state index contributed by atoms with van der Waals surface area (Å²) in [6.45, 7) is 3.18. The van der Waals surface area contributed by atoms with E-state index in [0.29, 0.717) is 17.9 Å². The molecule has 0 spiro atoms. The second kappa shape index (κ2) is 5.67. The van der Waals surface area contributed by atoms with Gasteiger partial charge in [0, 0.05) is 6.54 Å². The van der Waals surface area contributed by atoms with E-state index in [-0.39, 0.29) is 6.04 Å². The van der Waals surface area contributed by atoms with Crippen LogP contribution in [0.4, 0.5) is 0 Å². The predicted octanol–water partition coefficient (Wildman–Crippen LogP) is 1.94. The van der Waals surface area contributed by atoms with Crippen LogP contribution >= 0.6 is 0 Å². The first-order chi connectivity index (χ1) is 8.22. The number of rotatable bonds is 2. The van der Waals surface area contributed by atoms with Crippen molar-refractivity contribution in [2.24, 2.45) is 5.92 Å². The third-order valence-electron chi connectivity index (χ3n) is 4.02. The number of nitrogens with zero attached hydrogens (tertiary/aromatic N) is 1. The minimum atomic E-state index is 0.0234. The summed E-state index contributed by atoms with van der Waals surface area (Å²) in [5, 5.41) is 3.17.